The van der Waals surface area contributed by atoms with Crippen molar-refractivity contribution in [2.45, 2.75) is 25.6 Å². The van der Waals surface area contributed by atoms with Crippen LogP contribution in [0.1, 0.15) is 24.5 Å². The fourth-order valence-electron chi connectivity index (χ4n) is 2.49. The third kappa shape index (κ3) is 7.70. The monoisotopic (exact) mass is 373 g/mol. The minimum absolute atomic E-state index is 0.0933. The van der Waals surface area contributed by atoms with Gasteiger partial charge in [0.25, 0.3) is 0 Å². The van der Waals surface area contributed by atoms with Crippen molar-refractivity contribution in [3.05, 3.63) is 71.8 Å². The number of aliphatic imine (C=N–C) groups is 1. The van der Waals surface area contributed by atoms with Gasteiger partial charge in [-0.1, -0.05) is 60.7 Å². The van der Waals surface area contributed by atoms with Gasteiger partial charge in [0.2, 0.25) is 0 Å². The van der Waals surface area contributed by atoms with Crippen molar-refractivity contribution in [1.82, 2.24) is 10.6 Å². The van der Waals surface area contributed by atoms with Crippen LogP contribution in [0.2, 0.25) is 0 Å². The molecule has 0 fully saturated rings. The van der Waals surface area contributed by atoms with Gasteiger partial charge in [-0.25, -0.2) is 13.4 Å². The van der Waals surface area contributed by atoms with E-state index in [4.69, 9.17) is 0 Å². The molecule has 0 bridgehead atoms. The molecule has 0 aromatic heterocycles. The molecule has 0 atom stereocenters. The predicted molar refractivity (Wildman–Crippen MR) is 108 cm³/mol. The topological polar surface area (TPSA) is 70.6 Å². The van der Waals surface area contributed by atoms with E-state index in [1.165, 1.54) is 0 Å². The van der Waals surface area contributed by atoms with Gasteiger partial charge in [0.05, 0.1) is 18.1 Å². The molecule has 2 N–H and O–H groups in total. The maximum Gasteiger partial charge on any atom is 0.191 e. The number of hydrogen-bond donors (Lipinski definition) is 2. The Kier molecular flexibility index (Phi) is 8.15. The smallest absolute Gasteiger partial charge is 0.191 e. The fraction of sp³-hybridized carbons (Fsp3) is 0.350. The van der Waals surface area contributed by atoms with Gasteiger partial charge < -0.3 is 10.6 Å². The van der Waals surface area contributed by atoms with Crippen LogP contribution in [0.4, 0.5) is 0 Å². The molecular weight excluding hydrogens is 346 g/mol. The van der Waals surface area contributed by atoms with Gasteiger partial charge in [-0.2, -0.15) is 0 Å². The Balaban J connectivity index is 1.78. The number of rotatable bonds is 9. The lowest BCUT2D eigenvalue weighted by Crippen LogP contribution is -2.38. The van der Waals surface area contributed by atoms with Crippen LogP contribution in [-0.2, 0) is 22.1 Å². The highest BCUT2D eigenvalue weighted by Crippen LogP contribution is 2.07. The standard InChI is InChI=1S/C20H27N3O2S/c1-2-21-20(23-16-18-10-5-3-6-11-18)22-14-9-15-26(24,25)17-19-12-7-4-8-13-19/h3-8,10-13H,2,9,14-17H2,1H3,(H2,21,22,23). The quantitative estimate of drug-likeness (QED) is 0.403. The van der Waals surface area contributed by atoms with Crippen molar-refractivity contribution in [2.24, 2.45) is 4.99 Å². The molecule has 0 saturated heterocycles. The first-order valence-corrected chi connectivity index (χ1v) is 10.7. The molecule has 0 unspecified atom stereocenters. The van der Waals surface area contributed by atoms with E-state index in [1.54, 1.807) is 0 Å². The molecule has 0 spiro atoms. The van der Waals surface area contributed by atoms with Crippen LogP contribution in [0, 0.1) is 0 Å². The Labute approximate surface area is 156 Å². The maximum absolute atomic E-state index is 12.2. The van der Waals surface area contributed by atoms with Crippen LogP contribution in [0.25, 0.3) is 0 Å². The molecule has 0 amide bonds. The number of benzene rings is 2. The first-order chi connectivity index (χ1) is 12.6. The molecule has 6 heteroatoms. The van der Waals surface area contributed by atoms with Crippen molar-refractivity contribution in [3.63, 3.8) is 0 Å². The Bertz CT molecular complexity index is 775. The summed E-state index contributed by atoms with van der Waals surface area (Å²) in [7, 11) is -3.10. The van der Waals surface area contributed by atoms with E-state index in [9.17, 15) is 8.42 Å². The van der Waals surface area contributed by atoms with E-state index in [0.717, 1.165) is 17.7 Å². The van der Waals surface area contributed by atoms with Crippen LogP contribution in [-0.4, -0.2) is 33.2 Å². The van der Waals surface area contributed by atoms with E-state index in [-0.39, 0.29) is 11.5 Å². The normalized spacial score (nSPS) is 12.0. The first-order valence-electron chi connectivity index (χ1n) is 8.89. The minimum Gasteiger partial charge on any atom is -0.357 e. The first kappa shape index (κ1) is 20.0. The summed E-state index contributed by atoms with van der Waals surface area (Å²) in [6.07, 6.45) is 0.547. The zero-order valence-electron chi connectivity index (χ0n) is 15.2. The maximum atomic E-state index is 12.2. The molecule has 5 nitrogen and oxygen atoms in total. The molecule has 2 rings (SSSR count). The lowest BCUT2D eigenvalue weighted by atomic mass is 10.2. The molecule has 0 aliphatic heterocycles. The summed E-state index contributed by atoms with van der Waals surface area (Å²) in [5, 5.41) is 6.38. The molecule has 0 saturated carbocycles. The van der Waals surface area contributed by atoms with E-state index >= 15 is 0 Å². The van der Waals surface area contributed by atoms with Crippen molar-refractivity contribution < 1.29 is 8.42 Å². The second-order valence-electron chi connectivity index (χ2n) is 6.04. The molecule has 0 aliphatic rings. The average molecular weight is 374 g/mol. The third-order valence-electron chi connectivity index (χ3n) is 3.76. The van der Waals surface area contributed by atoms with Gasteiger partial charge in [0.1, 0.15) is 0 Å². The van der Waals surface area contributed by atoms with Crippen LogP contribution in [0.15, 0.2) is 65.7 Å². The molecule has 2 aromatic carbocycles. The number of nitrogens with zero attached hydrogens (tertiary/aromatic N) is 1. The van der Waals surface area contributed by atoms with E-state index in [1.807, 2.05) is 67.6 Å². The molecular formula is C20H27N3O2S. The molecule has 0 heterocycles. The summed E-state index contributed by atoms with van der Waals surface area (Å²) in [5.74, 6) is 0.958. The molecule has 2 aromatic rings. The summed E-state index contributed by atoms with van der Waals surface area (Å²) < 4.78 is 24.4. The van der Waals surface area contributed by atoms with Gasteiger partial charge >= 0.3 is 0 Å². The summed E-state index contributed by atoms with van der Waals surface area (Å²) in [6.45, 7) is 3.91. The summed E-state index contributed by atoms with van der Waals surface area (Å²) >= 11 is 0. The van der Waals surface area contributed by atoms with Crippen LogP contribution in [0.3, 0.4) is 0 Å². The number of hydrogen-bond acceptors (Lipinski definition) is 3. The summed E-state index contributed by atoms with van der Waals surface area (Å²) in [6, 6.07) is 19.3. The van der Waals surface area contributed by atoms with Gasteiger partial charge in [-0.15, -0.1) is 0 Å². The largest absolute Gasteiger partial charge is 0.357 e. The lowest BCUT2D eigenvalue weighted by Gasteiger charge is -2.11. The van der Waals surface area contributed by atoms with Gasteiger partial charge in [-0.05, 0) is 24.5 Å². The van der Waals surface area contributed by atoms with Crippen molar-refractivity contribution in [2.75, 3.05) is 18.8 Å². The SMILES string of the molecule is CCNC(=NCc1ccccc1)NCCCS(=O)(=O)Cc1ccccc1. The third-order valence-corrected chi connectivity index (χ3v) is 5.44. The highest BCUT2D eigenvalue weighted by Gasteiger charge is 2.11. The molecule has 140 valence electrons. The summed E-state index contributed by atoms with van der Waals surface area (Å²) in [4.78, 5) is 4.53. The van der Waals surface area contributed by atoms with Crippen LogP contribution >= 0.6 is 0 Å². The van der Waals surface area contributed by atoms with Crippen molar-refractivity contribution in [3.8, 4) is 0 Å². The van der Waals surface area contributed by atoms with Crippen molar-refractivity contribution in [1.29, 1.82) is 0 Å². The van der Waals surface area contributed by atoms with E-state index in [2.05, 4.69) is 15.6 Å². The van der Waals surface area contributed by atoms with E-state index in [0.29, 0.717) is 25.5 Å². The highest BCUT2D eigenvalue weighted by atomic mass is 32.2. The van der Waals surface area contributed by atoms with Crippen LogP contribution in [0.5, 0.6) is 0 Å². The summed E-state index contributed by atoms with van der Waals surface area (Å²) in [5.41, 5.74) is 1.97. The minimum atomic E-state index is -3.10. The van der Waals surface area contributed by atoms with Gasteiger partial charge in [-0.3, -0.25) is 0 Å². The van der Waals surface area contributed by atoms with Crippen molar-refractivity contribution >= 4 is 15.8 Å². The second kappa shape index (κ2) is 10.6. The second-order valence-corrected chi connectivity index (χ2v) is 8.22. The molecule has 0 aliphatic carbocycles. The predicted octanol–water partition coefficient (Wildman–Crippen LogP) is 2.75. The Hall–Kier alpha value is -2.34. The Morgan fingerprint density at radius 2 is 1.54 bits per heavy atom. The Morgan fingerprint density at radius 3 is 2.15 bits per heavy atom. The van der Waals surface area contributed by atoms with Gasteiger partial charge in [0, 0.05) is 13.1 Å². The van der Waals surface area contributed by atoms with Crippen LogP contribution < -0.4 is 10.6 Å². The highest BCUT2D eigenvalue weighted by molar-refractivity contribution is 7.90. The zero-order chi connectivity index (χ0) is 18.7. The van der Waals surface area contributed by atoms with E-state index < -0.39 is 9.84 Å². The fourth-order valence-corrected chi connectivity index (χ4v) is 3.92. The van der Waals surface area contributed by atoms with Gasteiger partial charge in [0.15, 0.2) is 15.8 Å². The molecule has 26 heavy (non-hydrogen) atoms. The lowest BCUT2D eigenvalue weighted by molar-refractivity contribution is 0.591. The Morgan fingerprint density at radius 1 is 0.923 bits per heavy atom. The average Bonchev–Trinajstić information content (AvgIpc) is 2.64. The number of guanidine groups is 1. The number of nitrogens with one attached hydrogen (secondary N) is 2. The number of sulfone groups is 1. The molecule has 0 radical (unpaired) electrons. The zero-order valence-corrected chi connectivity index (χ0v) is 16.0.